The second-order valence-corrected chi connectivity index (χ2v) is 6.33. The first-order valence-electron chi connectivity index (χ1n) is 7.25. The van der Waals surface area contributed by atoms with E-state index in [4.69, 9.17) is 4.52 Å². The minimum absolute atomic E-state index is 0.143. The number of aromatic nitrogens is 1. The Morgan fingerprint density at radius 1 is 1.33 bits per heavy atom. The summed E-state index contributed by atoms with van der Waals surface area (Å²) in [6.07, 6.45) is 3.22. The number of benzene rings is 1. The summed E-state index contributed by atoms with van der Waals surface area (Å²) in [7, 11) is 0. The summed E-state index contributed by atoms with van der Waals surface area (Å²) in [4.78, 5) is 13.2. The van der Waals surface area contributed by atoms with Crippen LogP contribution in [0.25, 0.3) is 0 Å². The van der Waals surface area contributed by atoms with Crippen LogP contribution in [0.4, 0.5) is 0 Å². The number of carbonyl (C=O) groups is 1. The molecule has 0 saturated heterocycles. The van der Waals surface area contributed by atoms with Gasteiger partial charge in [-0.25, -0.2) is 0 Å². The van der Waals surface area contributed by atoms with Gasteiger partial charge in [0.25, 0.3) is 5.91 Å². The third-order valence-corrected chi connectivity index (χ3v) is 4.46. The molecular formula is C16H18N2O2S. The number of hydrogen-bond acceptors (Lipinski definition) is 4. The molecule has 1 heterocycles. The Balaban J connectivity index is 1.35. The molecule has 5 heteroatoms. The Morgan fingerprint density at radius 3 is 2.90 bits per heavy atom. The van der Waals surface area contributed by atoms with Gasteiger partial charge in [0.05, 0.1) is 0 Å². The average molecular weight is 302 g/mol. The van der Waals surface area contributed by atoms with E-state index in [9.17, 15) is 4.79 Å². The number of nitrogens with zero attached hydrogens (tertiary/aromatic N) is 1. The van der Waals surface area contributed by atoms with E-state index >= 15 is 0 Å². The van der Waals surface area contributed by atoms with E-state index < -0.39 is 0 Å². The molecule has 4 nitrogen and oxygen atoms in total. The van der Waals surface area contributed by atoms with Crippen LogP contribution in [0.15, 0.2) is 45.8 Å². The predicted octanol–water partition coefficient (Wildman–Crippen LogP) is 3.46. The smallest absolute Gasteiger partial charge is 0.273 e. The summed E-state index contributed by atoms with van der Waals surface area (Å²) in [6.45, 7) is 0.657. The van der Waals surface area contributed by atoms with Crippen molar-refractivity contribution in [3.63, 3.8) is 0 Å². The molecule has 21 heavy (non-hydrogen) atoms. The largest absolute Gasteiger partial charge is 0.360 e. The van der Waals surface area contributed by atoms with Gasteiger partial charge in [0, 0.05) is 23.4 Å². The summed E-state index contributed by atoms with van der Waals surface area (Å²) in [6, 6.07) is 12.0. The highest BCUT2D eigenvalue weighted by Gasteiger charge is 2.28. The Kier molecular flexibility index (Phi) is 4.60. The molecule has 1 aromatic heterocycles. The minimum Gasteiger partial charge on any atom is -0.360 e. The molecule has 1 aliphatic carbocycles. The molecule has 1 aromatic carbocycles. The first-order valence-corrected chi connectivity index (χ1v) is 8.24. The summed E-state index contributed by atoms with van der Waals surface area (Å²) in [5.74, 6) is 2.17. The van der Waals surface area contributed by atoms with Crippen molar-refractivity contribution >= 4 is 17.7 Å². The molecule has 0 unspecified atom stereocenters. The van der Waals surface area contributed by atoms with E-state index in [1.165, 1.54) is 4.90 Å². The quantitative estimate of drug-likeness (QED) is 0.628. The highest BCUT2D eigenvalue weighted by Crippen LogP contribution is 2.40. The molecule has 1 fully saturated rings. The standard InChI is InChI=1S/C16H18N2O2S/c19-16(14-11-15(20-18-14)12-7-8-12)17-9-4-10-21-13-5-2-1-3-6-13/h1-3,5-6,11-12H,4,7-10H2,(H,17,19). The molecule has 0 aliphatic heterocycles. The van der Waals surface area contributed by atoms with E-state index in [0.29, 0.717) is 18.2 Å². The van der Waals surface area contributed by atoms with Crippen molar-refractivity contribution < 1.29 is 9.32 Å². The first-order chi connectivity index (χ1) is 10.3. The van der Waals surface area contributed by atoms with Gasteiger partial charge in [0.2, 0.25) is 0 Å². The summed E-state index contributed by atoms with van der Waals surface area (Å²) < 4.78 is 5.18. The average Bonchev–Trinajstić information content (AvgIpc) is 3.25. The number of carbonyl (C=O) groups excluding carboxylic acids is 1. The number of thioether (sulfide) groups is 1. The number of hydrogen-bond donors (Lipinski definition) is 1. The van der Waals surface area contributed by atoms with Crippen molar-refractivity contribution in [1.82, 2.24) is 10.5 Å². The Labute approximate surface area is 128 Å². The van der Waals surface area contributed by atoms with Gasteiger partial charge in [-0.15, -0.1) is 11.8 Å². The van der Waals surface area contributed by atoms with Crippen molar-refractivity contribution in [2.75, 3.05) is 12.3 Å². The molecule has 2 aromatic rings. The summed E-state index contributed by atoms with van der Waals surface area (Å²) >= 11 is 1.80. The minimum atomic E-state index is -0.143. The molecule has 0 atom stereocenters. The lowest BCUT2D eigenvalue weighted by molar-refractivity contribution is 0.0944. The van der Waals surface area contributed by atoms with Gasteiger partial charge in [0.15, 0.2) is 5.69 Å². The van der Waals surface area contributed by atoms with Crippen molar-refractivity contribution in [3.05, 3.63) is 47.9 Å². The maximum absolute atomic E-state index is 11.9. The Morgan fingerprint density at radius 2 is 2.14 bits per heavy atom. The van der Waals surface area contributed by atoms with Crippen LogP contribution in [0.2, 0.25) is 0 Å². The van der Waals surface area contributed by atoms with Crippen LogP contribution in [0.1, 0.15) is 41.4 Å². The van der Waals surface area contributed by atoms with Crippen LogP contribution in [-0.4, -0.2) is 23.4 Å². The number of amides is 1. The van der Waals surface area contributed by atoms with Crippen LogP contribution in [0.5, 0.6) is 0 Å². The molecule has 0 bridgehead atoms. The molecule has 1 N–H and O–H groups in total. The zero-order valence-corrected chi connectivity index (χ0v) is 12.6. The van der Waals surface area contributed by atoms with Gasteiger partial charge in [-0.1, -0.05) is 23.4 Å². The molecule has 1 amide bonds. The fraction of sp³-hybridized carbons (Fsp3) is 0.375. The Hall–Kier alpha value is -1.75. The van der Waals surface area contributed by atoms with Crippen molar-refractivity contribution in [2.45, 2.75) is 30.1 Å². The zero-order valence-electron chi connectivity index (χ0n) is 11.7. The van der Waals surface area contributed by atoms with Gasteiger partial charge in [0.1, 0.15) is 5.76 Å². The first kappa shape index (κ1) is 14.2. The maximum atomic E-state index is 11.9. The Bertz CT molecular complexity index is 593. The number of rotatable bonds is 7. The van der Waals surface area contributed by atoms with E-state index in [1.54, 1.807) is 17.8 Å². The van der Waals surface area contributed by atoms with E-state index in [2.05, 4.69) is 22.6 Å². The fourth-order valence-corrected chi connectivity index (χ4v) is 2.90. The van der Waals surface area contributed by atoms with Gasteiger partial charge >= 0.3 is 0 Å². The van der Waals surface area contributed by atoms with Crippen molar-refractivity contribution in [1.29, 1.82) is 0 Å². The van der Waals surface area contributed by atoms with Gasteiger partial charge in [-0.05, 0) is 37.1 Å². The van der Waals surface area contributed by atoms with Crippen molar-refractivity contribution in [2.24, 2.45) is 0 Å². The second kappa shape index (κ2) is 6.80. The van der Waals surface area contributed by atoms with E-state index in [-0.39, 0.29) is 5.91 Å². The topological polar surface area (TPSA) is 55.1 Å². The summed E-state index contributed by atoms with van der Waals surface area (Å²) in [5, 5.41) is 6.71. The molecule has 0 radical (unpaired) electrons. The zero-order chi connectivity index (χ0) is 14.5. The molecule has 1 saturated carbocycles. The van der Waals surface area contributed by atoms with Crippen LogP contribution < -0.4 is 5.32 Å². The van der Waals surface area contributed by atoms with Crippen LogP contribution in [0.3, 0.4) is 0 Å². The van der Waals surface area contributed by atoms with Gasteiger partial charge < -0.3 is 9.84 Å². The van der Waals surface area contributed by atoms with Gasteiger partial charge in [-0.2, -0.15) is 0 Å². The van der Waals surface area contributed by atoms with E-state index in [0.717, 1.165) is 30.8 Å². The third kappa shape index (κ3) is 4.11. The molecule has 3 rings (SSSR count). The second-order valence-electron chi connectivity index (χ2n) is 5.16. The molecule has 1 aliphatic rings. The predicted molar refractivity (Wildman–Crippen MR) is 82.6 cm³/mol. The fourth-order valence-electron chi connectivity index (χ4n) is 2.03. The monoisotopic (exact) mass is 302 g/mol. The summed E-state index contributed by atoms with van der Waals surface area (Å²) in [5.41, 5.74) is 0.396. The lowest BCUT2D eigenvalue weighted by Gasteiger charge is -2.03. The highest BCUT2D eigenvalue weighted by molar-refractivity contribution is 7.99. The normalized spacial score (nSPS) is 14.1. The SMILES string of the molecule is O=C(NCCCSc1ccccc1)c1cc(C2CC2)on1. The lowest BCUT2D eigenvalue weighted by atomic mass is 10.3. The van der Waals surface area contributed by atoms with Crippen LogP contribution >= 0.6 is 11.8 Å². The highest BCUT2D eigenvalue weighted by atomic mass is 32.2. The van der Waals surface area contributed by atoms with Crippen LogP contribution in [0, 0.1) is 0 Å². The lowest BCUT2D eigenvalue weighted by Crippen LogP contribution is -2.25. The van der Waals surface area contributed by atoms with E-state index in [1.807, 2.05) is 18.2 Å². The van der Waals surface area contributed by atoms with Crippen molar-refractivity contribution in [3.8, 4) is 0 Å². The third-order valence-electron chi connectivity index (χ3n) is 3.36. The molecule has 0 spiro atoms. The van der Waals surface area contributed by atoms with Crippen LogP contribution in [-0.2, 0) is 0 Å². The number of nitrogens with one attached hydrogen (secondary N) is 1. The maximum Gasteiger partial charge on any atom is 0.273 e. The molecule has 110 valence electrons. The van der Waals surface area contributed by atoms with Gasteiger partial charge in [-0.3, -0.25) is 4.79 Å². The molecular weight excluding hydrogens is 284 g/mol.